The molecular formula is C19H18O6. The van der Waals surface area contributed by atoms with Gasteiger partial charge in [0.05, 0.1) is 26.7 Å². The molecule has 25 heavy (non-hydrogen) atoms. The fourth-order valence-electron chi connectivity index (χ4n) is 2.72. The molecule has 6 nitrogen and oxygen atoms in total. The standard InChI is InChI=1S/C19H18O6/c1-5-9-24-19-15-13(10-14(22-3)18(19)23-4)25-17-11(16(15)20)7-6-8-12(17)21-2/h5-8,10H,1,9H2,2-4H3. The molecule has 0 aliphatic heterocycles. The van der Waals surface area contributed by atoms with Crippen molar-refractivity contribution in [1.82, 2.24) is 0 Å². The SMILES string of the molecule is C=CCOc1c(OC)c(OC)cc2oc3c(OC)cccc3c(=O)c12. The number of para-hydroxylation sites is 1. The molecule has 0 spiro atoms. The molecule has 6 heteroatoms. The largest absolute Gasteiger partial charge is 0.493 e. The fourth-order valence-corrected chi connectivity index (χ4v) is 2.72. The number of hydrogen-bond acceptors (Lipinski definition) is 6. The van der Waals surface area contributed by atoms with Gasteiger partial charge in [0.15, 0.2) is 22.8 Å². The molecule has 0 saturated heterocycles. The molecular weight excluding hydrogens is 324 g/mol. The van der Waals surface area contributed by atoms with Gasteiger partial charge in [-0.05, 0) is 12.1 Å². The lowest BCUT2D eigenvalue weighted by Gasteiger charge is -2.15. The van der Waals surface area contributed by atoms with E-state index in [1.54, 1.807) is 30.3 Å². The Balaban J connectivity index is 2.49. The van der Waals surface area contributed by atoms with Gasteiger partial charge in [-0.3, -0.25) is 4.79 Å². The Morgan fingerprint density at radius 3 is 2.48 bits per heavy atom. The Kier molecular flexibility index (Phi) is 4.52. The van der Waals surface area contributed by atoms with Crippen LogP contribution in [0.5, 0.6) is 23.0 Å². The Bertz CT molecular complexity index is 1000. The highest BCUT2D eigenvalue weighted by Gasteiger charge is 2.22. The average Bonchev–Trinajstić information content (AvgIpc) is 2.64. The second-order valence-corrected chi connectivity index (χ2v) is 5.18. The monoisotopic (exact) mass is 342 g/mol. The maximum Gasteiger partial charge on any atom is 0.204 e. The third-order valence-electron chi connectivity index (χ3n) is 3.82. The minimum atomic E-state index is -0.241. The first kappa shape index (κ1) is 16.7. The minimum absolute atomic E-state index is 0.203. The molecule has 0 fully saturated rings. The van der Waals surface area contributed by atoms with Crippen molar-refractivity contribution in [3.63, 3.8) is 0 Å². The lowest BCUT2D eigenvalue weighted by molar-refractivity contribution is 0.310. The van der Waals surface area contributed by atoms with E-state index in [1.807, 2.05) is 0 Å². The molecule has 0 bridgehead atoms. The van der Waals surface area contributed by atoms with Crippen molar-refractivity contribution < 1.29 is 23.4 Å². The van der Waals surface area contributed by atoms with Crippen molar-refractivity contribution >= 4 is 21.9 Å². The van der Waals surface area contributed by atoms with E-state index in [2.05, 4.69) is 6.58 Å². The third kappa shape index (κ3) is 2.65. The van der Waals surface area contributed by atoms with Crippen LogP contribution in [-0.2, 0) is 0 Å². The lowest BCUT2D eigenvalue weighted by atomic mass is 10.1. The molecule has 0 atom stereocenters. The molecule has 3 rings (SSSR count). The van der Waals surface area contributed by atoms with Gasteiger partial charge in [0.25, 0.3) is 0 Å². The topological polar surface area (TPSA) is 67.1 Å². The first-order valence-electron chi connectivity index (χ1n) is 7.58. The molecule has 1 aromatic heterocycles. The van der Waals surface area contributed by atoms with Crippen LogP contribution in [0.3, 0.4) is 0 Å². The van der Waals surface area contributed by atoms with Gasteiger partial charge in [0.1, 0.15) is 17.6 Å². The van der Waals surface area contributed by atoms with E-state index in [0.29, 0.717) is 33.8 Å². The van der Waals surface area contributed by atoms with Crippen molar-refractivity contribution in [3.05, 3.63) is 47.1 Å². The Labute approximate surface area is 144 Å². The number of ether oxygens (including phenoxy) is 4. The Hall–Kier alpha value is -3.15. The molecule has 0 amide bonds. The molecule has 2 aromatic carbocycles. The highest BCUT2D eigenvalue weighted by Crippen LogP contribution is 2.43. The van der Waals surface area contributed by atoms with E-state index >= 15 is 0 Å². The Morgan fingerprint density at radius 2 is 1.84 bits per heavy atom. The number of benzene rings is 2. The molecule has 0 radical (unpaired) electrons. The van der Waals surface area contributed by atoms with E-state index in [-0.39, 0.29) is 23.2 Å². The average molecular weight is 342 g/mol. The summed E-state index contributed by atoms with van der Waals surface area (Å²) in [6.07, 6.45) is 1.58. The van der Waals surface area contributed by atoms with Crippen LogP contribution in [0, 0.1) is 0 Å². The van der Waals surface area contributed by atoms with Gasteiger partial charge in [-0.2, -0.15) is 0 Å². The van der Waals surface area contributed by atoms with Gasteiger partial charge < -0.3 is 23.4 Å². The van der Waals surface area contributed by atoms with Crippen LogP contribution < -0.4 is 24.4 Å². The number of rotatable bonds is 6. The minimum Gasteiger partial charge on any atom is -0.493 e. The van der Waals surface area contributed by atoms with Crippen LogP contribution in [0.15, 0.2) is 46.1 Å². The molecule has 0 aliphatic rings. The highest BCUT2D eigenvalue weighted by atomic mass is 16.5. The van der Waals surface area contributed by atoms with E-state index < -0.39 is 0 Å². The molecule has 1 heterocycles. The first-order chi connectivity index (χ1) is 12.2. The van der Waals surface area contributed by atoms with Crippen LogP contribution in [0.4, 0.5) is 0 Å². The molecule has 3 aromatic rings. The summed E-state index contributed by atoms with van der Waals surface area (Å²) in [4.78, 5) is 13.1. The van der Waals surface area contributed by atoms with Gasteiger partial charge in [-0.1, -0.05) is 18.7 Å². The van der Waals surface area contributed by atoms with Crippen molar-refractivity contribution in [3.8, 4) is 23.0 Å². The fraction of sp³-hybridized carbons (Fsp3) is 0.211. The van der Waals surface area contributed by atoms with Crippen molar-refractivity contribution in [1.29, 1.82) is 0 Å². The lowest BCUT2D eigenvalue weighted by Crippen LogP contribution is -2.08. The summed E-state index contributed by atoms with van der Waals surface area (Å²) in [6.45, 7) is 3.84. The zero-order valence-electron chi connectivity index (χ0n) is 14.3. The van der Waals surface area contributed by atoms with Crippen LogP contribution in [-0.4, -0.2) is 27.9 Å². The summed E-state index contributed by atoms with van der Waals surface area (Å²) in [5.74, 6) is 1.45. The maximum absolute atomic E-state index is 13.1. The number of methoxy groups -OCH3 is 3. The van der Waals surface area contributed by atoms with E-state index in [0.717, 1.165) is 0 Å². The van der Waals surface area contributed by atoms with Crippen molar-refractivity contribution in [2.24, 2.45) is 0 Å². The summed E-state index contributed by atoms with van der Waals surface area (Å²) < 4.78 is 27.7. The van der Waals surface area contributed by atoms with E-state index in [1.165, 1.54) is 21.3 Å². The van der Waals surface area contributed by atoms with Gasteiger partial charge in [-0.25, -0.2) is 0 Å². The zero-order valence-corrected chi connectivity index (χ0v) is 14.3. The quantitative estimate of drug-likeness (QED) is 0.504. The molecule has 130 valence electrons. The molecule has 0 N–H and O–H groups in total. The van der Waals surface area contributed by atoms with Gasteiger partial charge >= 0.3 is 0 Å². The van der Waals surface area contributed by atoms with Gasteiger partial charge in [0, 0.05) is 6.07 Å². The van der Waals surface area contributed by atoms with Gasteiger partial charge in [-0.15, -0.1) is 0 Å². The summed E-state index contributed by atoms with van der Waals surface area (Å²) in [6, 6.07) is 6.74. The summed E-state index contributed by atoms with van der Waals surface area (Å²) in [7, 11) is 4.50. The van der Waals surface area contributed by atoms with Crippen molar-refractivity contribution in [2.75, 3.05) is 27.9 Å². The number of hydrogen-bond donors (Lipinski definition) is 0. The smallest absolute Gasteiger partial charge is 0.204 e. The summed E-state index contributed by atoms with van der Waals surface area (Å²) in [5.41, 5.74) is 0.443. The van der Waals surface area contributed by atoms with E-state index in [4.69, 9.17) is 23.4 Å². The second kappa shape index (κ2) is 6.76. The van der Waals surface area contributed by atoms with Crippen LogP contribution >= 0.6 is 0 Å². The second-order valence-electron chi connectivity index (χ2n) is 5.18. The predicted octanol–water partition coefficient (Wildman–Crippen LogP) is 3.54. The zero-order chi connectivity index (χ0) is 18.0. The van der Waals surface area contributed by atoms with Crippen molar-refractivity contribution in [2.45, 2.75) is 0 Å². The summed E-state index contributed by atoms with van der Waals surface area (Å²) in [5, 5.41) is 0.669. The normalized spacial score (nSPS) is 10.7. The highest BCUT2D eigenvalue weighted by molar-refractivity contribution is 5.97. The predicted molar refractivity (Wildman–Crippen MR) is 95.3 cm³/mol. The van der Waals surface area contributed by atoms with Crippen LogP contribution in [0.2, 0.25) is 0 Å². The Morgan fingerprint density at radius 1 is 1.08 bits per heavy atom. The third-order valence-corrected chi connectivity index (χ3v) is 3.82. The van der Waals surface area contributed by atoms with Crippen LogP contribution in [0.25, 0.3) is 21.9 Å². The number of fused-ring (bicyclic) bond motifs is 2. The molecule has 0 unspecified atom stereocenters. The van der Waals surface area contributed by atoms with Crippen LogP contribution in [0.1, 0.15) is 0 Å². The maximum atomic E-state index is 13.1. The van der Waals surface area contributed by atoms with Gasteiger partial charge in [0.2, 0.25) is 11.2 Å². The molecule has 0 saturated carbocycles. The first-order valence-corrected chi connectivity index (χ1v) is 7.58. The summed E-state index contributed by atoms with van der Waals surface area (Å²) >= 11 is 0. The molecule has 0 aliphatic carbocycles. The van der Waals surface area contributed by atoms with E-state index in [9.17, 15) is 4.79 Å².